The van der Waals surface area contributed by atoms with Gasteiger partial charge in [0.1, 0.15) is 5.60 Å². The van der Waals surface area contributed by atoms with Gasteiger partial charge in [-0.3, -0.25) is 0 Å². The van der Waals surface area contributed by atoms with Crippen molar-refractivity contribution in [1.82, 2.24) is 9.88 Å². The van der Waals surface area contributed by atoms with Crippen LogP contribution >= 0.6 is 11.6 Å². The topological polar surface area (TPSA) is 54.5 Å². The number of nitrogens with zero attached hydrogens (tertiary/aromatic N) is 2. The number of hydrogen-bond donors (Lipinski definition) is 1. The van der Waals surface area contributed by atoms with E-state index in [9.17, 15) is 4.79 Å². The van der Waals surface area contributed by atoms with Crippen LogP contribution in [0.5, 0.6) is 0 Å². The number of ether oxygens (including phenoxy) is 1. The van der Waals surface area contributed by atoms with Gasteiger partial charge in [0, 0.05) is 19.3 Å². The van der Waals surface area contributed by atoms with Crippen molar-refractivity contribution >= 4 is 23.4 Å². The molecular formula is C14H20ClN3O2. The number of aryl methyl sites for hydroxylation is 1. The summed E-state index contributed by atoms with van der Waals surface area (Å²) < 4.78 is 5.30. The average molecular weight is 298 g/mol. The molecule has 1 saturated heterocycles. The molecular weight excluding hydrogens is 278 g/mol. The molecule has 0 atom stereocenters. The van der Waals surface area contributed by atoms with Gasteiger partial charge >= 0.3 is 6.09 Å². The molecule has 0 aromatic carbocycles. The van der Waals surface area contributed by atoms with Crippen molar-refractivity contribution in [2.75, 3.05) is 18.4 Å². The van der Waals surface area contributed by atoms with E-state index in [0.29, 0.717) is 18.2 Å². The Morgan fingerprint density at radius 3 is 2.75 bits per heavy atom. The van der Waals surface area contributed by atoms with Gasteiger partial charge in [-0.05, 0) is 39.3 Å². The van der Waals surface area contributed by atoms with E-state index in [1.165, 1.54) is 0 Å². The molecule has 1 aliphatic rings. The Morgan fingerprint density at radius 1 is 1.50 bits per heavy atom. The number of pyridine rings is 1. The highest BCUT2D eigenvalue weighted by atomic mass is 35.5. The number of halogens is 1. The Kier molecular flexibility index (Phi) is 4.09. The summed E-state index contributed by atoms with van der Waals surface area (Å²) in [5.74, 6) is 0. The summed E-state index contributed by atoms with van der Waals surface area (Å²) in [4.78, 5) is 17.6. The van der Waals surface area contributed by atoms with Crippen LogP contribution in [0.25, 0.3) is 0 Å². The van der Waals surface area contributed by atoms with Gasteiger partial charge in [-0.25, -0.2) is 9.78 Å². The van der Waals surface area contributed by atoms with E-state index < -0.39 is 5.60 Å². The molecule has 0 aliphatic carbocycles. The molecule has 1 aliphatic heterocycles. The highest BCUT2D eigenvalue weighted by Gasteiger charge is 2.33. The fourth-order valence-electron chi connectivity index (χ4n) is 1.92. The third-order valence-electron chi connectivity index (χ3n) is 2.87. The molecule has 2 rings (SSSR count). The van der Waals surface area contributed by atoms with Crippen LogP contribution in [-0.4, -0.2) is 40.7 Å². The normalized spacial score (nSPS) is 15.8. The lowest BCUT2D eigenvalue weighted by atomic mass is 10.1. The molecule has 0 unspecified atom stereocenters. The van der Waals surface area contributed by atoms with E-state index in [2.05, 4.69) is 10.3 Å². The first-order valence-corrected chi connectivity index (χ1v) is 6.99. The lowest BCUT2D eigenvalue weighted by Crippen LogP contribution is -2.57. The van der Waals surface area contributed by atoms with Crippen molar-refractivity contribution < 1.29 is 9.53 Å². The van der Waals surface area contributed by atoms with Gasteiger partial charge < -0.3 is 15.0 Å². The molecule has 2 heterocycles. The standard InChI is InChI=1S/C14H20ClN3O2/c1-9-5-11(12(15)16-6-9)17-10-7-18(8-10)13(19)20-14(2,3)4/h5-6,10,17H,7-8H2,1-4H3. The Hall–Kier alpha value is -1.49. The van der Waals surface area contributed by atoms with Crippen LogP contribution in [-0.2, 0) is 4.74 Å². The van der Waals surface area contributed by atoms with Gasteiger partial charge in [0.15, 0.2) is 5.15 Å². The van der Waals surface area contributed by atoms with Crippen molar-refractivity contribution in [2.24, 2.45) is 0 Å². The lowest BCUT2D eigenvalue weighted by Gasteiger charge is -2.40. The predicted molar refractivity (Wildman–Crippen MR) is 79.2 cm³/mol. The number of hydrogen-bond acceptors (Lipinski definition) is 4. The molecule has 0 spiro atoms. The second kappa shape index (κ2) is 5.48. The number of anilines is 1. The molecule has 1 aromatic rings. The van der Waals surface area contributed by atoms with E-state index in [-0.39, 0.29) is 12.1 Å². The summed E-state index contributed by atoms with van der Waals surface area (Å²) in [5, 5.41) is 3.74. The maximum atomic E-state index is 11.8. The summed E-state index contributed by atoms with van der Waals surface area (Å²) in [7, 11) is 0. The third-order valence-corrected chi connectivity index (χ3v) is 3.17. The van der Waals surface area contributed by atoms with Crippen molar-refractivity contribution in [1.29, 1.82) is 0 Å². The molecule has 110 valence electrons. The number of amides is 1. The molecule has 5 nitrogen and oxygen atoms in total. The SMILES string of the molecule is Cc1cnc(Cl)c(NC2CN(C(=O)OC(C)(C)C)C2)c1. The zero-order valence-corrected chi connectivity index (χ0v) is 13.0. The number of aromatic nitrogens is 1. The average Bonchev–Trinajstić information content (AvgIpc) is 2.24. The third kappa shape index (κ3) is 3.76. The fourth-order valence-corrected chi connectivity index (χ4v) is 2.08. The summed E-state index contributed by atoms with van der Waals surface area (Å²) in [5.41, 5.74) is 1.39. The molecule has 0 bridgehead atoms. The minimum atomic E-state index is -0.459. The van der Waals surface area contributed by atoms with Crippen LogP contribution in [0.15, 0.2) is 12.3 Å². The van der Waals surface area contributed by atoms with Crippen molar-refractivity contribution in [3.05, 3.63) is 23.0 Å². The zero-order chi connectivity index (χ0) is 14.9. The Morgan fingerprint density at radius 2 is 2.15 bits per heavy atom. The van der Waals surface area contributed by atoms with E-state index in [4.69, 9.17) is 16.3 Å². The Balaban J connectivity index is 1.85. The zero-order valence-electron chi connectivity index (χ0n) is 12.2. The van der Waals surface area contributed by atoms with E-state index >= 15 is 0 Å². The molecule has 6 heteroatoms. The van der Waals surface area contributed by atoms with E-state index in [1.54, 1.807) is 11.1 Å². The minimum absolute atomic E-state index is 0.184. The summed E-state index contributed by atoms with van der Waals surface area (Å²) in [6, 6.07) is 2.13. The summed E-state index contributed by atoms with van der Waals surface area (Å²) >= 11 is 6.03. The van der Waals surface area contributed by atoms with E-state index in [1.807, 2.05) is 33.8 Å². The van der Waals surface area contributed by atoms with Crippen LogP contribution in [0.3, 0.4) is 0 Å². The largest absolute Gasteiger partial charge is 0.444 e. The second-order valence-corrected chi connectivity index (χ2v) is 6.44. The van der Waals surface area contributed by atoms with Gasteiger partial charge in [-0.15, -0.1) is 0 Å². The van der Waals surface area contributed by atoms with Gasteiger partial charge in [-0.1, -0.05) is 11.6 Å². The number of rotatable bonds is 2. The Labute approximate surface area is 124 Å². The van der Waals surface area contributed by atoms with Crippen LogP contribution in [0, 0.1) is 6.92 Å². The van der Waals surface area contributed by atoms with Crippen molar-refractivity contribution in [2.45, 2.75) is 39.3 Å². The Bertz CT molecular complexity index is 508. The van der Waals surface area contributed by atoms with Gasteiger partial charge in [0.05, 0.1) is 11.7 Å². The first-order chi connectivity index (χ1) is 9.24. The first kappa shape index (κ1) is 14.9. The molecule has 1 fully saturated rings. The highest BCUT2D eigenvalue weighted by molar-refractivity contribution is 6.32. The number of carbonyl (C=O) groups excluding carboxylic acids is 1. The molecule has 0 radical (unpaired) electrons. The smallest absolute Gasteiger partial charge is 0.410 e. The molecule has 20 heavy (non-hydrogen) atoms. The summed E-state index contributed by atoms with van der Waals surface area (Å²) in [6.45, 7) is 8.76. The van der Waals surface area contributed by atoms with Crippen molar-refractivity contribution in [3.63, 3.8) is 0 Å². The maximum absolute atomic E-state index is 11.8. The molecule has 1 amide bonds. The highest BCUT2D eigenvalue weighted by Crippen LogP contribution is 2.24. The predicted octanol–water partition coefficient (Wildman–Crippen LogP) is 3.07. The number of nitrogens with one attached hydrogen (secondary N) is 1. The maximum Gasteiger partial charge on any atom is 0.410 e. The quantitative estimate of drug-likeness (QED) is 0.852. The van der Waals surface area contributed by atoms with Gasteiger partial charge in [0.25, 0.3) is 0 Å². The fraction of sp³-hybridized carbons (Fsp3) is 0.571. The van der Waals surface area contributed by atoms with Crippen molar-refractivity contribution in [3.8, 4) is 0 Å². The van der Waals surface area contributed by atoms with Crippen LogP contribution < -0.4 is 5.32 Å². The molecule has 1 N–H and O–H groups in total. The minimum Gasteiger partial charge on any atom is -0.444 e. The summed E-state index contributed by atoms with van der Waals surface area (Å²) in [6.07, 6.45) is 1.45. The monoisotopic (exact) mass is 297 g/mol. The molecule has 1 aromatic heterocycles. The van der Waals surface area contributed by atoms with Gasteiger partial charge in [0.2, 0.25) is 0 Å². The first-order valence-electron chi connectivity index (χ1n) is 6.61. The lowest BCUT2D eigenvalue weighted by molar-refractivity contribution is 0.0105. The number of likely N-dealkylation sites (tertiary alicyclic amines) is 1. The van der Waals surface area contributed by atoms with Gasteiger partial charge in [-0.2, -0.15) is 0 Å². The van der Waals surface area contributed by atoms with Crippen LogP contribution in [0.2, 0.25) is 5.15 Å². The van der Waals surface area contributed by atoms with Crippen LogP contribution in [0.4, 0.5) is 10.5 Å². The molecule has 0 saturated carbocycles. The van der Waals surface area contributed by atoms with E-state index in [0.717, 1.165) is 11.3 Å². The number of carbonyl (C=O) groups is 1. The van der Waals surface area contributed by atoms with Crippen LogP contribution in [0.1, 0.15) is 26.3 Å². The second-order valence-electron chi connectivity index (χ2n) is 6.08.